The summed E-state index contributed by atoms with van der Waals surface area (Å²) < 4.78 is 43.2. The summed E-state index contributed by atoms with van der Waals surface area (Å²) in [5, 5.41) is 9.98. The quantitative estimate of drug-likeness (QED) is 0.276. The van der Waals surface area contributed by atoms with Gasteiger partial charge in [-0.3, -0.25) is 13.9 Å². The highest BCUT2D eigenvalue weighted by molar-refractivity contribution is 5.95. The van der Waals surface area contributed by atoms with E-state index in [0.717, 1.165) is 17.7 Å². The highest BCUT2D eigenvalue weighted by atomic mass is 19.1. The largest absolute Gasteiger partial charge is 0.485 e. The summed E-state index contributed by atoms with van der Waals surface area (Å²) in [5.74, 6) is -1.66. The number of aromatic nitrogens is 4. The highest BCUT2D eigenvalue weighted by Gasteiger charge is 2.29. The molecule has 4 rings (SSSR count). The van der Waals surface area contributed by atoms with E-state index in [1.165, 1.54) is 6.07 Å². The minimum absolute atomic E-state index is 0.118. The molecule has 0 aliphatic rings. The van der Waals surface area contributed by atoms with Crippen molar-refractivity contribution < 1.29 is 27.8 Å². The van der Waals surface area contributed by atoms with Crippen LogP contribution in [0.3, 0.4) is 0 Å². The first-order valence-electron chi connectivity index (χ1n) is 13.6. The van der Waals surface area contributed by atoms with Crippen molar-refractivity contribution in [2.45, 2.75) is 65.7 Å². The van der Waals surface area contributed by atoms with Crippen molar-refractivity contribution in [3.05, 3.63) is 71.4 Å². The van der Waals surface area contributed by atoms with Crippen LogP contribution in [0.25, 0.3) is 16.8 Å². The smallest absolute Gasteiger partial charge is 0.408 e. The molecule has 10 nitrogen and oxygen atoms in total. The zero-order valence-electron chi connectivity index (χ0n) is 24.8. The average molecular weight is 583 g/mol. The summed E-state index contributed by atoms with van der Waals surface area (Å²) in [6.45, 7) is 10.4. The number of carbonyl (C=O) groups excluding carboxylic acids is 2. The van der Waals surface area contributed by atoms with E-state index in [4.69, 9.17) is 9.47 Å². The number of amides is 2. The number of hydrogen-bond donors (Lipinski definition) is 2. The van der Waals surface area contributed by atoms with Gasteiger partial charge in [0.05, 0.1) is 23.0 Å². The van der Waals surface area contributed by atoms with Gasteiger partial charge in [0, 0.05) is 37.1 Å². The van der Waals surface area contributed by atoms with Gasteiger partial charge in [0.25, 0.3) is 5.91 Å². The SMILES string of the molecule is CCC(C)(CNC(=O)c1c(C)nc2c(OCc3c(F)cccc3F)cc(-c3cnn(C)c3)cn12)NC(=O)OC(C)(C)C. The number of hydrogen-bond acceptors (Lipinski definition) is 6. The molecule has 42 heavy (non-hydrogen) atoms. The van der Waals surface area contributed by atoms with Crippen LogP contribution < -0.4 is 15.4 Å². The second-order valence-corrected chi connectivity index (χ2v) is 11.4. The van der Waals surface area contributed by atoms with Gasteiger partial charge in [-0.05, 0) is 59.2 Å². The molecule has 2 amide bonds. The Morgan fingerprint density at radius 2 is 1.76 bits per heavy atom. The maximum atomic E-state index is 14.3. The van der Waals surface area contributed by atoms with Crippen LogP contribution in [0.15, 0.2) is 42.9 Å². The van der Waals surface area contributed by atoms with Gasteiger partial charge in [-0.2, -0.15) is 5.10 Å². The molecule has 0 saturated heterocycles. The molecular formula is C30H36F2N6O4. The zero-order chi connectivity index (χ0) is 30.8. The molecule has 12 heteroatoms. The molecule has 0 fully saturated rings. The Hall–Kier alpha value is -4.48. The molecule has 0 aliphatic carbocycles. The van der Waals surface area contributed by atoms with Crippen LogP contribution in [0.5, 0.6) is 5.75 Å². The molecule has 1 atom stereocenters. The molecule has 0 saturated carbocycles. The van der Waals surface area contributed by atoms with Crippen LogP contribution in [0, 0.1) is 18.6 Å². The second-order valence-electron chi connectivity index (χ2n) is 11.4. The van der Waals surface area contributed by atoms with E-state index < -0.39 is 34.8 Å². The number of imidazole rings is 1. The summed E-state index contributed by atoms with van der Waals surface area (Å²) >= 11 is 0. The third-order valence-corrected chi connectivity index (χ3v) is 6.77. The summed E-state index contributed by atoms with van der Waals surface area (Å²) in [7, 11) is 1.77. The van der Waals surface area contributed by atoms with Crippen molar-refractivity contribution in [3.63, 3.8) is 0 Å². The fraction of sp³-hybridized carbons (Fsp3) is 0.400. The first kappa shape index (κ1) is 30.5. The number of halogens is 2. The lowest BCUT2D eigenvalue weighted by molar-refractivity contribution is 0.0456. The van der Waals surface area contributed by atoms with Crippen LogP contribution in [-0.4, -0.2) is 48.9 Å². The minimum atomic E-state index is -0.786. The fourth-order valence-electron chi connectivity index (χ4n) is 4.32. The topological polar surface area (TPSA) is 112 Å². The van der Waals surface area contributed by atoms with Gasteiger partial charge in [0.15, 0.2) is 11.4 Å². The van der Waals surface area contributed by atoms with Crippen LogP contribution in [0.2, 0.25) is 0 Å². The molecule has 0 bridgehead atoms. The molecule has 3 heterocycles. The Bertz CT molecular complexity index is 1600. The molecule has 224 valence electrons. The van der Waals surface area contributed by atoms with Gasteiger partial charge < -0.3 is 20.1 Å². The number of fused-ring (bicyclic) bond motifs is 1. The first-order valence-corrected chi connectivity index (χ1v) is 13.6. The molecule has 1 aromatic carbocycles. The second kappa shape index (κ2) is 11.8. The first-order chi connectivity index (χ1) is 19.7. The molecule has 0 radical (unpaired) electrons. The molecule has 3 aromatic heterocycles. The number of carbonyl (C=O) groups is 2. The number of nitrogens with one attached hydrogen (secondary N) is 2. The summed E-state index contributed by atoms with van der Waals surface area (Å²) in [4.78, 5) is 30.6. The number of pyridine rings is 1. The van der Waals surface area contributed by atoms with E-state index in [9.17, 15) is 18.4 Å². The Kier molecular flexibility index (Phi) is 8.55. The third kappa shape index (κ3) is 6.87. The molecular weight excluding hydrogens is 546 g/mol. The molecule has 4 aromatic rings. The maximum Gasteiger partial charge on any atom is 0.408 e. The van der Waals surface area contributed by atoms with E-state index in [1.807, 2.05) is 13.8 Å². The lowest BCUT2D eigenvalue weighted by Gasteiger charge is -2.31. The van der Waals surface area contributed by atoms with Gasteiger partial charge in [-0.15, -0.1) is 0 Å². The monoisotopic (exact) mass is 582 g/mol. The Labute approximate surface area is 243 Å². The minimum Gasteiger partial charge on any atom is -0.485 e. The highest BCUT2D eigenvalue weighted by Crippen LogP contribution is 2.30. The van der Waals surface area contributed by atoms with Crippen molar-refractivity contribution in [2.75, 3.05) is 6.54 Å². The van der Waals surface area contributed by atoms with Crippen LogP contribution in [-0.2, 0) is 18.4 Å². The van der Waals surface area contributed by atoms with Crippen LogP contribution in [0.1, 0.15) is 62.8 Å². The van der Waals surface area contributed by atoms with E-state index in [0.29, 0.717) is 23.3 Å². The molecule has 2 N–H and O–H groups in total. The predicted octanol–water partition coefficient (Wildman–Crippen LogP) is 5.32. The lowest BCUT2D eigenvalue weighted by Crippen LogP contribution is -2.54. The summed E-state index contributed by atoms with van der Waals surface area (Å²) in [6, 6.07) is 5.30. The van der Waals surface area contributed by atoms with Gasteiger partial charge >= 0.3 is 6.09 Å². The zero-order valence-corrected chi connectivity index (χ0v) is 24.8. The van der Waals surface area contributed by atoms with E-state index in [2.05, 4.69) is 20.7 Å². The van der Waals surface area contributed by atoms with Crippen LogP contribution in [0.4, 0.5) is 13.6 Å². The normalized spacial score (nSPS) is 13.1. The van der Waals surface area contributed by atoms with Gasteiger partial charge in [0.1, 0.15) is 29.5 Å². The average Bonchev–Trinajstić information content (AvgIpc) is 3.48. The molecule has 1 unspecified atom stereocenters. The number of aryl methyl sites for hydroxylation is 2. The van der Waals surface area contributed by atoms with Crippen molar-refractivity contribution in [3.8, 4) is 16.9 Å². The fourth-order valence-corrected chi connectivity index (χ4v) is 4.32. The number of ether oxygens (including phenoxy) is 2. The third-order valence-electron chi connectivity index (χ3n) is 6.77. The summed E-state index contributed by atoms with van der Waals surface area (Å²) in [5.41, 5.74) is 0.664. The number of alkyl carbamates (subject to hydrolysis) is 1. The van der Waals surface area contributed by atoms with Crippen molar-refractivity contribution in [2.24, 2.45) is 7.05 Å². The number of nitrogens with zero attached hydrogens (tertiary/aromatic N) is 4. The standard InChI is InChI=1S/C30H36F2N6O4/c1-8-30(6,36-28(40)42-29(3,4)5)17-33-27(39)25-18(2)35-26-24(41-16-21-22(31)10-9-11-23(21)32)12-19(15-38(25)26)20-13-34-37(7)14-20/h9-15H,8,16-17H2,1-7H3,(H,33,39)(H,36,40). The van der Waals surface area contributed by atoms with Crippen molar-refractivity contribution >= 4 is 17.6 Å². The molecule has 0 aliphatic heterocycles. The Morgan fingerprint density at radius 3 is 2.36 bits per heavy atom. The maximum absolute atomic E-state index is 14.3. The summed E-state index contributed by atoms with van der Waals surface area (Å²) in [6.07, 6.45) is 5.12. The predicted molar refractivity (Wildman–Crippen MR) is 153 cm³/mol. The lowest BCUT2D eigenvalue weighted by atomic mass is 9.99. The Balaban J connectivity index is 1.67. The van der Waals surface area contributed by atoms with Crippen LogP contribution >= 0.6 is 0 Å². The van der Waals surface area contributed by atoms with E-state index in [-0.39, 0.29) is 30.2 Å². The molecule has 0 spiro atoms. The van der Waals surface area contributed by atoms with Gasteiger partial charge in [0.2, 0.25) is 0 Å². The van der Waals surface area contributed by atoms with Gasteiger partial charge in [-0.1, -0.05) is 13.0 Å². The van der Waals surface area contributed by atoms with E-state index >= 15 is 0 Å². The Morgan fingerprint density at radius 1 is 1.07 bits per heavy atom. The number of benzene rings is 1. The van der Waals surface area contributed by atoms with Gasteiger partial charge in [-0.25, -0.2) is 18.6 Å². The number of rotatable bonds is 9. The van der Waals surface area contributed by atoms with Crippen molar-refractivity contribution in [1.29, 1.82) is 0 Å². The van der Waals surface area contributed by atoms with Crippen molar-refractivity contribution in [1.82, 2.24) is 29.8 Å². The van der Waals surface area contributed by atoms with E-state index in [1.54, 1.807) is 68.5 Å².